The molecule has 0 spiro atoms. The fourth-order valence-electron chi connectivity index (χ4n) is 2.44. The van der Waals surface area contributed by atoms with Gasteiger partial charge in [0.15, 0.2) is 0 Å². The van der Waals surface area contributed by atoms with Crippen molar-refractivity contribution in [1.82, 2.24) is 9.80 Å². The van der Waals surface area contributed by atoms with Crippen molar-refractivity contribution < 1.29 is 14.3 Å². The minimum absolute atomic E-state index is 0.147. The van der Waals surface area contributed by atoms with Crippen LogP contribution in [0.3, 0.4) is 0 Å². The zero-order chi connectivity index (χ0) is 13.7. The summed E-state index contributed by atoms with van der Waals surface area (Å²) in [6.07, 6.45) is 3.43. The number of amides is 2. The van der Waals surface area contributed by atoms with Crippen LogP contribution in [0.2, 0.25) is 0 Å². The Morgan fingerprint density at radius 3 is 2.47 bits per heavy atom. The predicted octanol–water partition coefficient (Wildman–Crippen LogP) is 0.884. The molecule has 0 unspecified atom stereocenters. The highest BCUT2D eigenvalue weighted by molar-refractivity contribution is 5.81. The molecule has 0 aromatic rings. The van der Waals surface area contributed by atoms with Crippen LogP contribution in [0.15, 0.2) is 0 Å². The number of hydrogen-bond donors (Lipinski definition) is 0. The van der Waals surface area contributed by atoms with Crippen LogP contribution in [-0.2, 0) is 14.3 Å². The van der Waals surface area contributed by atoms with Gasteiger partial charge in [-0.15, -0.1) is 0 Å². The average molecular weight is 268 g/mol. The van der Waals surface area contributed by atoms with E-state index in [0.717, 1.165) is 32.4 Å². The van der Waals surface area contributed by atoms with Gasteiger partial charge in [-0.05, 0) is 26.2 Å². The molecule has 1 saturated carbocycles. The second kappa shape index (κ2) is 6.89. The molecule has 0 aromatic carbocycles. The van der Waals surface area contributed by atoms with E-state index in [1.807, 2.05) is 16.7 Å². The smallest absolute Gasteiger partial charge is 0.225 e. The number of nitrogens with zero attached hydrogens (tertiary/aromatic N) is 2. The second-order valence-corrected chi connectivity index (χ2v) is 5.28. The lowest BCUT2D eigenvalue weighted by atomic mass is 10.3. The van der Waals surface area contributed by atoms with E-state index in [4.69, 9.17) is 4.74 Å². The van der Waals surface area contributed by atoms with Gasteiger partial charge in [-0.1, -0.05) is 0 Å². The van der Waals surface area contributed by atoms with Gasteiger partial charge in [0.2, 0.25) is 11.8 Å². The quantitative estimate of drug-likeness (QED) is 0.696. The SMILES string of the molecule is CCOCCC(=O)N1CCCN(C(=O)C2CC2)CC1. The van der Waals surface area contributed by atoms with Crippen molar-refractivity contribution >= 4 is 11.8 Å². The third-order valence-corrected chi connectivity index (χ3v) is 3.75. The maximum atomic E-state index is 12.0. The molecule has 108 valence electrons. The van der Waals surface area contributed by atoms with E-state index >= 15 is 0 Å². The zero-order valence-corrected chi connectivity index (χ0v) is 11.8. The van der Waals surface area contributed by atoms with E-state index in [1.165, 1.54) is 0 Å². The van der Waals surface area contributed by atoms with E-state index in [-0.39, 0.29) is 11.8 Å². The summed E-state index contributed by atoms with van der Waals surface area (Å²) in [6, 6.07) is 0. The monoisotopic (exact) mass is 268 g/mol. The van der Waals surface area contributed by atoms with Gasteiger partial charge >= 0.3 is 0 Å². The summed E-state index contributed by atoms with van der Waals surface area (Å²) < 4.78 is 5.21. The topological polar surface area (TPSA) is 49.9 Å². The summed E-state index contributed by atoms with van der Waals surface area (Å²) in [5.41, 5.74) is 0. The van der Waals surface area contributed by atoms with Crippen LogP contribution in [0.1, 0.15) is 32.6 Å². The first-order valence-electron chi connectivity index (χ1n) is 7.36. The van der Waals surface area contributed by atoms with Gasteiger partial charge in [0.25, 0.3) is 0 Å². The molecule has 19 heavy (non-hydrogen) atoms. The Morgan fingerprint density at radius 1 is 1.11 bits per heavy atom. The molecule has 2 fully saturated rings. The molecule has 1 heterocycles. The summed E-state index contributed by atoms with van der Waals surface area (Å²) in [6.45, 7) is 5.99. The Morgan fingerprint density at radius 2 is 1.79 bits per heavy atom. The van der Waals surface area contributed by atoms with Crippen molar-refractivity contribution in [2.75, 3.05) is 39.4 Å². The number of rotatable bonds is 5. The number of ether oxygens (including phenoxy) is 1. The van der Waals surface area contributed by atoms with Crippen molar-refractivity contribution in [2.45, 2.75) is 32.6 Å². The lowest BCUT2D eigenvalue weighted by Crippen LogP contribution is -2.38. The van der Waals surface area contributed by atoms with Crippen molar-refractivity contribution in [3.63, 3.8) is 0 Å². The van der Waals surface area contributed by atoms with Crippen LogP contribution < -0.4 is 0 Å². The number of carbonyl (C=O) groups is 2. The lowest BCUT2D eigenvalue weighted by molar-refractivity contribution is -0.134. The van der Waals surface area contributed by atoms with Gasteiger partial charge in [-0.2, -0.15) is 0 Å². The van der Waals surface area contributed by atoms with Crippen LogP contribution in [0.4, 0.5) is 0 Å². The van der Waals surface area contributed by atoms with E-state index in [2.05, 4.69) is 0 Å². The summed E-state index contributed by atoms with van der Waals surface area (Å²) >= 11 is 0. The summed E-state index contributed by atoms with van der Waals surface area (Å²) in [7, 11) is 0. The molecule has 0 radical (unpaired) electrons. The van der Waals surface area contributed by atoms with Crippen LogP contribution in [0, 0.1) is 5.92 Å². The van der Waals surface area contributed by atoms with Crippen LogP contribution in [0.5, 0.6) is 0 Å². The third kappa shape index (κ3) is 4.20. The molecule has 0 aromatic heterocycles. The Bertz CT molecular complexity index is 329. The Hall–Kier alpha value is -1.10. The number of carbonyl (C=O) groups excluding carboxylic acids is 2. The van der Waals surface area contributed by atoms with Gasteiger partial charge in [-0.3, -0.25) is 9.59 Å². The minimum Gasteiger partial charge on any atom is -0.381 e. The van der Waals surface area contributed by atoms with Crippen molar-refractivity contribution in [2.24, 2.45) is 5.92 Å². The van der Waals surface area contributed by atoms with E-state index in [0.29, 0.717) is 38.6 Å². The minimum atomic E-state index is 0.147. The predicted molar refractivity (Wildman–Crippen MR) is 71.6 cm³/mol. The van der Waals surface area contributed by atoms with Crippen molar-refractivity contribution in [3.05, 3.63) is 0 Å². The molecule has 5 heteroatoms. The van der Waals surface area contributed by atoms with Gasteiger partial charge in [0.05, 0.1) is 13.0 Å². The molecule has 1 aliphatic carbocycles. The summed E-state index contributed by atoms with van der Waals surface area (Å²) in [5, 5.41) is 0. The maximum absolute atomic E-state index is 12.0. The maximum Gasteiger partial charge on any atom is 0.225 e. The fourth-order valence-corrected chi connectivity index (χ4v) is 2.44. The molecular formula is C14H24N2O3. The van der Waals surface area contributed by atoms with Gasteiger partial charge < -0.3 is 14.5 Å². The molecule has 2 amide bonds. The molecule has 2 rings (SSSR count). The Labute approximate surface area is 114 Å². The van der Waals surface area contributed by atoms with Gasteiger partial charge in [-0.25, -0.2) is 0 Å². The third-order valence-electron chi connectivity index (χ3n) is 3.75. The highest BCUT2D eigenvalue weighted by Crippen LogP contribution is 2.31. The standard InChI is InChI=1S/C14H24N2O3/c1-2-19-11-6-13(17)15-7-3-8-16(10-9-15)14(18)12-4-5-12/h12H,2-11H2,1H3. The highest BCUT2D eigenvalue weighted by atomic mass is 16.5. The molecule has 1 aliphatic heterocycles. The molecule has 5 nitrogen and oxygen atoms in total. The first-order chi connectivity index (χ1) is 9.22. The molecule has 1 saturated heterocycles. The second-order valence-electron chi connectivity index (χ2n) is 5.28. The van der Waals surface area contributed by atoms with Crippen LogP contribution in [0.25, 0.3) is 0 Å². The fraction of sp³-hybridized carbons (Fsp3) is 0.857. The molecule has 0 atom stereocenters. The lowest BCUT2D eigenvalue weighted by Gasteiger charge is -2.22. The normalized spacial score (nSPS) is 20.3. The first-order valence-corrected chi connectivity index (χ1v) is 7.36. The highest BCUT2D eigenvalue weighted by Gasteiger charge is 2.34. The Balaban J connectivity index is 1.75. The first kappa shape index (κ1) is 14.3. The number of hydrogen-bond acceptors (Lipinski definition) is 3. The van der Waals surface area contributed by atoms with Gasteiger partial charge in [0.1, 0.15) is 0 Å². The molecule has 2 aliphatic rings. The largest absolute Gasteiger partial charge is 0.381 e. The summed E-state index contributed by atoms with van der Waals surface area (Å²) in [4.78, 5) is 27.8. The molecule has 0 bridgehead atoms. The van der Waals surface area contributed by atoms with E-state index in [1.54, 1.807) is 0 Å². The van der Waals surface area contributed by atoms with E-state index < -0.39 is 0 Å². The zero-order valence-electron chi connectivity index (χ0n) is 11.8. The molecular weight excluding hydrogens is 244 g/mol. The van der Waals surface area contributed by atoms with Crippen molar-refractivity contribution in [3.8, 4) is 0 Å². The van der Waals surface area contributed by atoms with Crippen molar-refractivity contribution in [1.29, 1.82) is 0 Å². The van der Waals surface area contributed by atoms with Crippen LogP contribution >= 0.6 is 0 Å². The van der Waals surface area contributed by atoms with E-state index in [9.17, 15) is 9.59 Å². The van der Waals surface area contributed by atoms with Gasteiger partial charge in [0, 0.05) is 38.7 Å². The average Bonchev–Trinajstić information content (AvgIpc) is 3.24. The molecule has 0 N–H and O–H groups in total. The summed E-state index contributed by atoms with van der Waals surface area (Å²) in [5.74, 6) is 0.720. The Kier molecular flexibility index (Phi) is 5.19. The van der Waals surface area contributed by atoms with Crippen LogP contribution in [-0.4, -0.2) is 61.0 Å².